The van der Waals surface area contributed by atoms with E-state index in [1.54, 1.807) is 0 Å². The van der Waals surface area contributed by atoms with E-state index in [9.17, 15) is 18.4 Å². The lowest BCUT2D eigenvalue weighted by Crippen LogP contribution is -2.21. The summed E-state index contributed by atoms with van der Waals surface area (Å²) in [7, 11) is 1.37. The summed E-state index contributed by atoms with van der Waals surface area (Å²) in [6.45, 7) is 0. The van der Waals surface area contributed by atoms with Crippen LogP contribution in [0.15, 0.2) is 47.6 Å². The van der Waals surface area contributed by atoms with Gasteiger partial charge in [-0.25, -0.2) is 19.3 Å². The zero-order valence-electron chi connectivity index (χ0n) is 12.5. The maximum atomic E-state index is 13.9. The molecule has 124 valence electrons. The number of nitrogens with one attached hydrogen (secondary N) is 1. The van der Waals surface area contributed by atoms with E-state index < -0.39 is 23.4 Å². The van der Waals surface area contributed by atoms with Crippen molar-refractivity contribution in [3.63, 3.8) is 0 Å². The monoisotopic (exact) mass is 333 g/mol. The molecule has 0 saturated heterocycles. The number of halogens is 2. The molecule has 0 bridgehead atoms. The van der Waals surface area contributed by atoms with Crippen LogP contribution in [-0.2, 0) is 0 Å². The first-order valence-electron chi connectivity index (χ1n) is 6.74. The number of hydrazone groups is 1. The van der Waals surface area contributed by atoms with E-state index in [-0.39, 0.29) is 16.7 Å². The van der Waals surface area contributed by atoms with Crippen LogP contribution < -0.4 is 5.48 Å². The number of hydrogen-bond donors (Lipinski definition) is 2. The maximum absolute atomic E-state index is 13.9. The summed E-state index contributed by atoms with van der Waals surface area (Å²) in [5, 5.41) is 13.3. The number of nitrogens with zero attached hydrogens (tertiary/aromatic N) is 2. The van der Waals surface area contributed by atoms with Crippen molar-refractivity contribution in [1.82, 2.24) is 10.5 Å². The Labute approximate surface area is 136 Å². The Balaban J connectivity index is 2.13. The first-order valence-corrected chi connectivity index (χ1v) is 6.74. The lowest BCUT2D eigenvalue weighted by Gasteiger charge is -2.11. The molecule has 0 saturated carbocycles. The second-order valence-corrected chi connectivity index (χ2v) is 4.76. The average molecular weight is 333 g/mol. The Bertz CT molecular complexity index is 792. The summed E-state index contributed by atoms with van der Waals surface area (Å²) < 4.78 is 26.7. The number of carbonyl (C=O) groups excluding carboxylic acids is 2. The molecule has 0 heterocycles. The lowest BCUT2D eigenvalue weighted by atomic mass is 10.1. The number of carbonyl (C=O) groups is 2. The predicted octanol–water partition coefficient (Wildman–Crippen LogP) is 2.19. The Morgan fingerprint density at radius 2 is 1.75 bits per heavy atom. The van der Waals surface area contributed by atoms with Crippen LogP contribution in [0.2, 0.25) is 0 Å². The minimum absolute atomic E-state index is 0.0447. The fraction of sp³-hybridized carbons (Fsp3) is 0.0625. The normalized spacial score (nSPS) is 10.7. The fourth-order valence-electron chi connectivity index (χ4n) is 1.82. The molecule has 6 nitrogen and oxygen atoms in total. The van der Waals surface area contributed by atoms with Crippen LogP contribution >= 0.6 is 0 Å². The van der Waals surface area contributed by atoms with Gasteiger partial charge in [0.25, 0.3) is 11.8 Å². The molecule has 8 heteroatoms. The van der Waals surface area contributed by atoms with E-state index in [0.29, 0.717) is 0 Å². The van der Waals surface area contributed by atoms with Gasteiger partial charge >= 0.3 is 0 Å². The number of hydrogen-bond acceptors (Lipinski definition) is 4. The van der Waals surface area contributed by atoms with Gasteiger partial charge < -0.3 is 0 Å². The summed E-state index contributed by atoms with van der Waals surface area (Å²) in [6, 6.07) is 8.41. The molecule has 0 aliphatic carbocycles. The summed E-state index contributed by atoms with van der Waals surface area (Å²) in [4.78, 5) is 23.2. The van der Waals surface area contributed by atoms with Crippen molar-refractivity contribution in [3.05, 3.63) is 70.8 Å². The Kier molecular flexibility index (Phi) is 5.33. The van der Waals surface area contributed by atoms with Crippen LogP contribution in [0.1, 0.15) is 26.3 Å². The summed E-state index contributed by atoms with van der Waals surface area (Å²) in [6.07, 6.45) is 1.11. The molecule has 0 unspecified atom stereocenters. The molecule has 2 rings (SSSR count). The molecule has 0 aliphatic heterocycles. The summed E-state index contributed by atoms with van der Waals surface area (Å²) in [5.41, 5.74) is 1.60. The molecule has 2 aromatic carbocycles. The number of hydroxylamine groups is 1. The third-order valence-electron chi connectivity index (χ3n) is 3.12. The maximum Gasteiger partial charge on any atom is 0.274 e. The summed E-state index contributed by atoms with van der Waals surface area (Å²) in [5.74, 6) is -2.56. The highest BCUT2D eigenvalue weighted by atomic mass is 19.1. The van der Waals surface area contributed by atoms with Crippen LogP contribution in [0.5, 0.6) is 0 Å². The molecule has 0 aliphatic rings. The molecule has 2 N–H and O–H groups in total. The standard InChI is InChI=1S/C16H13F2N3O3/c1-21(16(23)10-4-6-13(17)7-5-10)19-9-12-3-2-11(8-14(12)18)15(22)20-24/h2-9,24H,1H3,(H,20,22). The van der Waals surface area contributed by atoms with Crippen LogP contribution in [0, 0.1) is 11.6 Å². The SMILES string of the molecule is CN(N=Cc1ccc(C(=O)NO)cc1F)C(=O)c1ccc(F)cc1. The molecule has 2 aromatic rings. The van der Waals surface area contributed by atoms with E-state index in [1.165, 1.54) is 36.8 Å². The second kappa shape index (κ2) is 7.42. The Hall–Kier alpha value is -3.13. The van der Waals surface area contributed by atoms with E-state index in [2.05, 4.69) is 5.10 Å². The molecule has 0 fully saturated rings. The van der Waals surface area contributed by atoms with E-state index in [4.69, 9.17) is 5.21 Å². The number of amides is 2. The topological polar surface area (TPSA) is 82.0 Å². The van der Waals surface area contributed by atoms with Gasteiger partial charge in [0.05, 0.1) is 6.21 Å². The van der Waals surface area contributed by atoms with Crippen molar-refractivity contribution in [2.45, 2.75) is 0 Å². The van der Waals surface area contributed by atoms with Crippen molar-refractivity contribution in [2.24, 2.45) is 5.10 Å². The van der Waals surface area contributed by atoms with E-state index in [1.807, 2.05) is 0 Å². The molecular weight excluding hydrogens is 320 g/mol. The first kappa shape index (κ1) is 17.2. The fourth-order valence-corrected chi connectivity index (χ4v) is 1.82. The number of benzene rings is 2. The minimum Gasteiger partial charge on any atom is -0.288 e. The van der Waals surface area contributed by atoms with Crippen LogP contribution in [0.3, 0.4) is 0 Å². The minimum atomic E-state index is -0.846. The number of rotatable bonds is 4. The average Bonchev–Trinajstić information content (AvgIpc) is 2.59. The molecule has 0 atom stereocenters. The van der Waals surface area contributed by atoms with Crippen molar-refractivity contribution < 1.29 is 23.6 Å². The predicted molar refractivity (Wildman–Crippen MR) is 81.7 cm³/mol. The van der Waals surface area contributed by atoms with Crippen molar-refractivity contribution in [1.29, 1.82) is 0 Å². The highest BCUT2D eigenvalue weighted by molar-refractivity contribution is 5.95. The Morgan fingerprint density at radius 1 is 1.12 bits per heavy atom. The van der Waals surface area contributed by atoms with Gasteiger partial charge in [0, 0.05) is 23.7 Å². The van der Waals surface area contributed by atoms with Crippen molar-refractivity contribution in [2.75, 3.05) is 7.05 Å². The smallest absolute Gasteiger partial charge is 0.274 e. The molecular formula is C16H13F2N3O3. The van der Waals surface area contributed by atoms with Crippen molar-refractivity contribution >= 4 is 18.0 Å². The first-order chi connectivity index (χ1) is 11.4. The van der Waals surface area contributed by atoms with Gasteiger partial charge in [-0.05, 0) is 42.5 Å². The highest BCUT2D eigenvalue weighted by Gasteiger charge is 2.11. The van der Waals surface area contributed by atoms with Crippen LogP contribution in [-0.4, -0.2) is 35.3 Å². The van der Waals surface area contributed by atoms with Gasteiger partial charge in [0.15, 0.2) is 0 Å². The van der Waals surface area contributed by atoms with Crippen LogP contribution in [0.25, 0.3) is 0 Å². The van der Waals surface area contributed by atoms with Gasteiger partial charge in [-0.3, -0.25) is 14.8 Å². The Morgan fingerprint density at radius 3 is 2.33 bits per heavy atom. The van der Waals surface area contributed by atoms with Gasteiger partial charge in [-0.15, -0.1) is 0 Å². The second-order valence-electron chi connectivity index (χ2n) is 4.76. The third kappa shape index (κ3) is 3.99. The highest BCUT2D eigenvalue weighted by Crippen LogP contribution is 2.10. The van der Waals surface area contributed by atoms with E-state index >= 15 is 0 Å². The molecule has 0 aromatic heterocycles. The van der Waals surface area contributed by atoms with Gasteiger partial charge in [0.1, 0.15) is 11.6 Å². The zero-order chi connectivity index (χ0) is 17.7. The van der Waals surface area contributed by atoms with Crippen molar-refractivity contribution in [3.8, 4) is 0 Å². The lowest BCUT2D eigenvalue weighted by molar-refractivity contribution is 0.0705. The molecule has 0 radical (unpaired) electrons. The molecule has 2 amide bonds. The van der Waals surface area contributed by atoms with Gasteiger partial charge in [-0.1, -0.05) is 0 Å². The van der Waals surface area contributed by atoms with Crippen LogP contribution in [0.4, 0.5) is 8.78 Å². The zero-order valence-corrected chi connectivity index (χ0v) is 12.5. The molecule has 24 heavy (non-hydrogen) atoms. The summed E-state index contributed by atoms with van der Waals surface area (Å²) >= 11 is 0. The third-order valence-corrected chi connectivity index (χ3v) is 3.12. The quantitative estimate of drug-likeness (QED) is 0.511. The van der Waals surface area contributed by atoms with E-state index in [0.717, 1.165) is 29.4 Å². The molecule has 0 spiro atoms. The van der Waals surface area contributed by atoms with Gasteiger partial charge in [0.2, 0.25) is 0 Å². The van der Waals surface area contributed by atoms with Gasteiger partial charge in [-0.2, -0.15) is 5.10 Å². The largest absolute Gasteiger partial charge is 0.288 e.